The zero-order valence-corrected chi connectivity index (χ0v) is 12.7. The molecule has 118 valence electrons. The predicted molar refractivity (Wildman–Crippen MR) is 86.9 cm³/mol. The second-order valence-corrected chi connectivity index (χ2v) is 4.88. The summed E-state index contributed by atoms with van der Waals surface area (Å²) in [7, 11) is 0. The molecule has 0 bridgehead atoms. The van der Waals surface area contributed by atoms with E-state index in [0.29, 0.717) is 11.1 Å². The van der Waals surface area contributed by atoms with Crippen molar-refractivity contribution in [3.05, 3.63) is 77.1 Å². The number of hydrogen-bond acceptors (Lipinski definition) is 2. The van der Waals surface area contributed by atoms with Crippen molar-refractivity contribution >= 4 is 17.9 Å². The molecule has 0 atom stereocenters. The summed E-state index contributed by atoms with van der Waals surface area (Å²) in [5.41, 5.74) is 6.90. The second-order valence-electron chi connectivity index (χ2n) is 4.88. The Hall–Kier alpha value is -2.95. The number of rotatable bonds is 4. The topological polar surface area (TPSA) is 58.2 Å². The van der Waals surface area contributed by atoms with Crippen LogP contribution in [0.15, 0.2) is 54.6 Å². The Morgan fingerprint density at radius 1 is 1.00 bits per heavy atom. The average Bonchev–Trinajstić information content (AvgIpc) is 2.59. The molecule has 2 amide bonds. The van der Waals surface area contributed by atoms with Crippen molar-refractivity contribution in [3.63, 3.8) is 0 Å². The van der Waals surface area contributed by atoms with Gasteiger partial charge in [-0.1, -0.05) is 31.2 Å². The van der Waals surface area contributed by atoms with Crippen molar-refractivity contribution < 1.29 is 14.0 Å². The first-order valence-corrected chi connectivity index (χ1v) is 7.21. The Kier molecular flexibility index (Phi) is 5.63. The monoisotopic (exact) mass is 312 g/mol. The quantitative estimate of drug-likeness (QED) is 0.674. The van der Waals surface area contributed by atoms with Crippen LogP contribution in [0.1, 0.15) is 28.4 Å². The number of carbonyl (C=O) groups excluding carboxylic acids is 2. The molecule has 4 nitrogen and oxygen atoms in total. The number of amides is 2. The molecule has 2 aromatic rings. The van der Waals surface area contributed by atoms with Gasteiger partial charge in [-0.25, -0.2) is 4.39 Å². The Bertz CT molecular complexity index is 707. The summed E-state index contributed by atoms with van der Waals surface area (Å²) < 4.78 is 12.8. The maximum Gasteiger partial charge on any atom is 0.269 e. The Labute approximate surface area is 134 Å². The standard InChI is InChI=1S/C18H17FN2O2/c1-2-13-3-8-15(9-4-13)18(23)21-20-17(22)12-7-14-5-10-16(19)11-6-14/h3-12H,2H2,1H3,(H,20,22)(H,21,23)/b12-7+. The van der Waals surface area contributed by atoms with Crippen LogP contribution in [0, 0.1) is 5.82 Å². The van der Waals surface area contributed by atoms with Gasteiger partial charge in [0.2, 0.25) is 0 Å². The number of halogens is 1. The van der Waals surface area contributed by atoms with Crippen LogP contribution in [-0.4, -0.2) is 11.8 Å². The number of aryl methyl sites for hydroxylation is 1. The molecule has 5 heteroatoms. The van der Waals surface area contributed by atoms with E-state index in [9.17, 15) is 14.0 Å². The van der Waals surface area contributed by atoms with E-state index in [-0.39, 0.29) is 5.82 Å². The minimum atomic E-state index is -0.479. The predicted octanol–water partition coefficient (Wildman–Crippen LogP) is 2.86. The van der Waals surface area contributed by atoms with Crippen molar-refractivity contribution in [1.82, 2.24) is 10.9 Å². The van der Waals surface area contributed by atoms with Gasteiger partial charge in [-0.2, -0.15) is 0 Å². The van der Waals surface area contributed by atoms with Crippen molar-refractivity contribution in [2.75, 3.05) is 0 Å². The summed E-state index contributed by atoms with van der Waals surface area (Å²) in [4.78, 5) is 23.5. The van der Waals surface area contributed by atoms with Gasteiger partial charge in [0.15, 0.2) is 0 Å². The molecule has 0 aromatic heterocycles. The van der Waals surface area contributed by atoms with Crippen LogP contribution in [-0.2, 0) is 11.2 Å². The summed E-state index contributed by atoms with van der Waals surface area (Å²) in [6.45, 7) is 2.03. The number of benzene rings is 2. The lowest BCUT2D eigenvalue weighted by atomic mass is 10.1. The van der Waals surface area contributed by atoms with E-state index in [1.807, 2.05) is 19.1 Å². The molecule has 0 aliphatic rings. The Morgan fingerprint density at radius 2 is 1.65 bits per heavy atom. The van der Waals surface area contributed by atoms with Crippen LogP contribution in [0.25, 0.3) is 6.08 Å². The molecule has 0 unspecified atom stereocenters. The van der Waals surface area contributed by atoms with Crippen molar-refractivity contribution in [3.8, 4) is 0 Å². The molecule has 0 saturated carbocycles. The van der Waals surface area contributed by atoms with E-state index >= 15 is 0 Å². The van der Waals surface area contributed by atoms with Crippen LogP contribution in [0.4, 0.5) is 4.39 Å². The summed E-state index contributed by atoms with van der Waals surface area (Å²) >= 11 is 0. The third kappa shape index (κ3) is 5.07. The lowest BCUT2D eigenvalue weighted by molar-refractivity contribution is -0.117. The first-order chi connectivity index (χ1) is 11.1. The third-order valence-corrected chi connectivity index (χ3v) is 3.22. The number of nitrogens with one attached hydrogen (secondary N) is 2. The van der Waals surface area contributed by atoms with Crippen LogP contribution in [0.5, 0.6) is 0 Å². The van der Waals surface area contributed by atoms with Crippen LogP contribution in [0.2, 0.25) is 0 Å². The highest BCUT2D eigenvalue weighted by molar-refractivity contribution is 5.97. The van der Waals surface area contributed by atoms with Gasteiger partial charge in [-0.3, -0.25) is 20.4 Å². The molecule has 0 aliphatic carbocycles. The minimum Gasteiger partial charge on any atom is -0.268 e. The van der Waals surface area contributed by atoms with E-state index in [1.54, 1.807) is 24.3 Å². The molecule has 0 saturated heterocycles. The van der Waals surface area contributed by atoms with Gasteiger partial charge in [-0.15, -0.1) is 0 Å². The van der Waals surface area contributed by atoms with Gasteiger partial charge in [0.25, 0.3) is 11.8 Å². The maximum atomic E-state index is 12.8. The van der Waals surface area contributed by atoms with Crippen LogP contribution < -0.4 is 10.9 Å². The highest BCUT2D eigenvalue weighted by atomic mass is 19.1. The zero-order valence-electron chi connectivity index (χ0n) is 12.7. The normalized spacial score (nSPS) is 10.5. The van der Waals surface area contributed by atoms with E-state index in [1.165, 1.54) is 24.3 Å². The number of hydrogen-bond donors (Lipinski definition) is 2. The Balaban J connectivity index is 1.85. The highest BCUT2D eigenvalue weighted by Crippen LogP contribution is 2.05. The van der Waals surface area contributed by atoms with E-state index in [4.69, 9.17) is 0 Å². The lowest BCUT2D eigenvalue weighted by Gasteiger charge is -2.06. The largest absolute Gasteiger partial charge is 0.269 e. The summed E-state index contributed by atoms with van der Waals surface area (Å²) in [5.74, 6) is -1.21. The molecule has 2 aromatic carbocycles. The van der Waals surface area contributed by atoms with Crippen molar-refractivity contribution in [1.29, 1.82) is 0 Å². The number of carbonyl (C=O) groups is 2. The molecule has 2 rings (SSSR count). The van der Waals surface area contributed by atoms with Gasteiger partial charge < -0.3 is 0 Å². The van der Waals surface area contributed by atoms with Gasteiger partial charge in [0.05, 0.1) is 0 Å². The number of hydrazine groups is 1. The van der Waals surface area contributed by atoms with Gasteiger partial charge >= 0.3 is 0 Å². The lowest BCUT2D eigenvalue weighted by Crippen LogP contribution is -2.40. The first kappa shape index (κ1) is 16.4. The van der Waals surface area contributed by atoms with E-state index in [0.717, 1.165) is 12.0 Å². The first-order valence-electron chi connectivity index (χ1n) is 7.21. The fourth-order valence-electron chi connectivity index (χ4n) is 1.87. The fourth-order valence-corrected chi connectivity index (χ4v) is 1.87. The Morgan fingerprint density at radius 3 is 2.26 bits per heavy atom. The molecule has 0 fully saturated rings. The third-order valence-electron chi connectivity index (χ3n) is 3.22. The molecule has 23 heavy (non-hydrogen) atoms. The molecule has 0 heterocycles. The second kappa shape index (κ2) is 7.89. The zero-order chi connectivity index (χ0) is 16.7. The van der Waals surface area contributed by atoms with Crippen LogP contribution >= 0.6 is 0 Å². The molecule has 0 radical (unpaired) electrons. The SMILES string of the molecule is CCc1ccc(C(=O)NNC(=O)/C=C/c2ccc(F)cc2)cc1. The minimum absolute atomic E-state index is 0.340. The summed E-state index contributed by atoms with van der Waals surface area (Å²) in [5, 5.41) is 0. The van der Waals surface area contributed by atoms with Crippen molar-refractivity contribution in [2.45, 2.75) is 13.3 Å². The smallest absolute Gasteiger partial charge is 0.268 e. The average molecular weight is 312 g/mol. The summed E-state index contributed by atoms with van der Waals surface area (Å²) in [6, 6.07) is 12.8. The van der Waals surface area contributed by atoms with Gasteiger partial charge in [0, 0.05) is 11.6 Å². The molecular formula is C18H17FN2O2. The molecule has 2 N–H and O–H groups in total. The van der Waals surface area contributed by atoms with Crippen molar-refractivity contribution in [2.24, 2.45) is 0 Å². The van der Waals surface area contributed by atoms with Crippen LogP contribution in [0.3, 0.4) is 0 Å². The molecular weight excluding hydrogens is 295 g/mol. The highest BCUT2D eigenvalue weighted by Gasteiger charge is 2.05. The molecule has 0 spiro atoms. The summed E-state index contributed by atoms with van der Waals surface area (Å²) in [6.07, 6.45) is 3.68. The van der Waals surface area contributed by atoms with Gasteiger partial charge in [0.1, 0.15) is 5.82 Å². The molecule has 0 aliphatic heterocycles. The van der Waals surface area contributed by atoms with E-state index < -0.39 is 11.8 Å². The van der Waals surface area contributed by atoms with Gasteiger partial charge in [-0.05, 0) is 47.9 Å². The van der Waals surface area contributed by atoms with E-state index in [2.05, 4.69) is 10.9 Å². The fraction of sp³-hybridized carbons (Fsp3) is 0.111. The maximum absolute atomic E-state index is 12.8.